The van der Waals surface area contributed by atoms with E-state index in [0.717, 1.165) is 44.8 Å². The van der Waals surface area contributed by atoms with Crippen LogP contribution in [0.4, 0.5) is 5.69 Å². The third-order valence-electron chi connectivity index (χ3n) is 5.22. The lowest BCUT2D eigenvalue weighted by atomic mass is 9.96. The summed E-state index contributed by atoms with van der Waals surface area (Å²) in [6.07, 6.45) is 3.09. The molecule has 1 heterocycles. The molecule has 1 aliphatic rings. The Kier molecular flexibility index (Phi) is 6.62. The Morgan fingerprint density at radius 1 is 1.03 bits per heavy atom. The van der Waals surface area contributed by atoms with Gasteiger partial charge >= 0.3 is 0 Å². The number of likely N-dealkylation sites (tertiary alicyclic amines) is 1. The SMILES string of the molecule is CS(=O)(=O)c1cc(S(N)(=O)=O)ccc1NCC1CCN(Cc2ccccc2)CC1. The highest BCUT2D eigenvalue weighted by Crippen LogP contribution is 2.26. The first kappa shape index (κ1) is 21.8. The fourth-order valence-corrected chi connectivity index (χ4v) is 5.07. The van der Waals surface area contributed by atoms with Crippen molar-refractivity contribution in [2.45, 2.75) is 29.2 Å². The van der Waals surface area contributed by atoms with E-state index in [1.165, 1.54) is 17.7 Å². The number of sulfonamides is 1. The molecule has 0 atom stereocenters. The summed E-state index contributed by atoms with van der Waals surface area (Å²) in [7, 11) is -7.57. The van der Waals surface area contributed by atoms with Crippen molar-refractivity contribution in [2.75, 3.05) is 31.2 Å². The molecule has 0 radical (unpaired) electrons. The Morgan fingerprint density at radius 2 is 1.69 bits per heavy atom. The van der Waals surface area contributed by atoms with Crippen molar-refractivity contribution in [3.63, 3.8) is 0 Å². The quantitative estimate of drug-likeness (QED) is 0.686. The van der Waals surface area contributed by atoms with E-state index < -0.39 is 19.9 Å². The maximum Gasteiger partial charge on any atom is 0.238 e. The molecule has 0 aliphatic carbocycles. The second kappa shape index (κ2) is 8.83. The van der Waals surface area contributed by atoms with Crippen LogP contribution < -0.4 is 10.5 Å². The second-order valence-corrected chi connectivity index (χ2v) is 11.1. The molecule has 158 valence electrons. The average Bonchev–Trinajstić information content (AvgIpc) is 2.67. The summed E-state index contributed by atoms with van der Waals surface area (Å²) in [5, 5.41) is 8.33. The maximum absolute atomic E-state index is 12.1. The molecule has 0 bridgehead atoms. The van der Waals surface area contributed by atoms with Crippen LogP contribution in [0, 0.1) is 5.92 Å². The van der Waals surface area contributed by atoms with E-state index in [1.807, 2.05) is 18.2 Å². The number of hydrogen-bond acceptors (Lipinski definition) is 6. The molecular formula is C20H27N3O4S2. The van der Waals surface area contributed by atoms with Gasteiger partial charge in [0.1, 0.15) is 0 Å². The number of hydrogen-bond donors (Lipinski definition) is 2. The van der Waals surface area contributed by atoms with Gasteiger partial charge in [0, 0.05) is 19.3 Å². The third kappa shape index (κ3) is 6.02. The van der Waals surface area contributed by atoms with E-state index in [2.05, 4.69) is 22.3 Å². The molecule has 0 unspecified atom stereocenters. The largest absolute Gasteiger partial charge is 0.384 e. The number of anilines is 1. The number of benzene rings is 2. The molecule has 1 saturated heterocycles. The molecule has 1 aliphatic heterocycles. The van der Waals surface area contributed by atoms with Crippen LogP contribution in [0.2, 0.25) is 0 Å². The minimum Gasteiger partial charge on any atom is -0.384 e. The minimum absolute atomic E-state index is 0.0504. The van der Waals surface area contributed by atoms with Crippen molar-refractivity contribution < 1.29 is 16.8 Å². The van der Waals surface area contributed by atoms with Gasteiger partial charge in [0.15, 0.2) is 9.84 Å². The second-order valence-electron chi connectivity index (χ2n) is 7.56. The van der Waals surface area contributed by atoms with Gasteiger partial charge < -0.3 is 5.32 Å². The van der Waals surface area contributed by atoms with E-state index >= 15 is 0 Å². The monoisotopic (exact) mass is 437 g/mol. The average molecular weight is 438 g/mol. The van der Waals surface area contributed by atoms with Gasteiger partial charge in [0.05, 0.1) is 15.5 Å². The molecule has 2 aromatic carbocycles. The highest BCUT2D eigenvalue weighted by molar-refractivity contribution is 7.91. The van der Waals surface area contributed by atoms with E-state index in [1.54, 1.807) is 0 Å². The number of piperidine rings is 1. The lowest BCUT2D eigenvalue weighted by Crippen LogP contribution is -2.35. The van der Waals surface area contributed by atoms with Crippen LogP contribution in [0.3, 0.4) is 0 Å². The van der Waals surface area contributed by atoms with Gasteiger partial charge in [-0.3, -0.25) is 4.90 Å². The zero-order valence-corrected chi connectivity index (χ0v) is 18.0. The molecule has 0 aromatic heterocycles. The Morgan fingerprint density at radius 3 is 2.28 bits per heavy atom. The molecular weight excluding hydrogens is 410 g/mol. The molecule has 0 saturated carbocycles. The lowest BCUT2D eigenvalue weighted by molar-refractivity contribution is 0.182. The number of sulfone groups is 1. The van der Waals surface area contributed by atoms with Crippen LogP contribution in [0.15, 0.2) is 58.3 Å². The summed E-state index contributed by atoms with van der Waals surface area (Å²) in [5.41, 5.74) is 1.71. The van der Waals surface area contributed by atoms with Crippen LogP contribution in [-0.4, -0.2) is 47.6 Å². The van der Waals surface area contributed by atoms with Gasteiger partial charge in [0.2, 0.25) is 10.0 Å². The van der Waals surface area contributed by atoms with Gasteiger partial charge in [-0.1, -0.05) is 30.3 Å². The predicted molar refractivity (Wildman–Crippen MR) is 114 cm³/mol. The van der Waals surface area contributed by atoms with E-state index in [9.17, 15) is 16.8 Å². The number of nitrogens with zero attached hydrogens (tertiary/aromatic N) is 1. The minimum atomic E-state index is -3.97. The molecule has 9 heteroatoms. The molecule has 2 aromatic rings. The van der Waals surface area contributed by atoms with E-state index in [4.69, 9.17) is 5.14 Å². The van der Waals surface area contributed by atoms with Gasteiger partial charge in [-0.15, -0.1) is 0 Å². The van der Waals surface area contributed by atoms with Gasteiger partial charge in [-0.25, -0.2) is 22.0 Å². The fourth-order valence-electron chi connectivity index (χ4n) is 3.58. The Hall–Kier alpha value is -1.94. The number of nitrogens with one attached hydrogen (secondary N) is 1. The number of nitrogens with two attached hydrogens (primary N) is 1. The zero-order chi connectivity index (χ0) is 21.1. The summed E-state index contributed by atoms with van der Waals surface area (Å²) in [6, 6.07) is 14.3. The highest BCUT2D eigenvalue weighted by atomic mass is 32.2. The summed E-state index contributed by atoms with van der Waals surface area (Å²) >= 11 is 0. The summed E-state index contributed by atoms with van der Waals surface area (Å²) in [5.74, 6) is 0.423. The Balaban J connectivity index is 1.61. The third-order valence-corrected chi connectivity index (χ3v) is 7.27. The number of primary sulfonamides is 1. The first-order valence-electron chi connectivity index (χ1n) is 9.50. The molecule has 1 fully saturated rings. The first-order valence-corrected chi connectivity index (χ1v) is 12.9. The van der Waals surface area contributed by atoms with Crippen LogP contribution in [-0.2, 0) is 26.4 Å². The summed E-state index contributed by atoms with van der Waals surface area (Å²) < 4.78 is 47.3. The van der Waals surface area contributed by atoms with Crippen molar-refractivity contribution in [1.29, 1.82) is 0 Å². The van der Waals surface area contributed by atoms with Crippen LogP contribution in [0.1, 0.15) is 18.4 Å². The zero-order valence-electron chi connectivity index (χ0n) is 16.4. The smallest absolute Gasteiger partial charge is 0.238 e. The lowest BCUT2D eigenvalue weighted by Gasteiger charge is -2.32. The normalized spacial score (nSPS) is 16.6. The van der Waals surface area contributed by atoms with E-state index in [-0.39, 0.29) is 9.79 Å². The Labute approximate surface area is 172 Å². The van der Waals surface area contributed by atoms with E-state index in [0.29, 0.717) is 18.2 Å². The molecule has 0 amide bonds. The molecule has 3 N–H and O–H groups in total. The maximum atomic E-state index is 12.1. The van der Waals surface area contributed by atoms with Gasteiger partial charge in [0.25, 0.3) is 0 Å². The molecule has 0 spiro atoms. The van der Waals surface area contributed by atoms with Crippen molar-refractivity contribution in [1.82, 2.24) is 4.90 Å². The Bertz CT molecular complexity index is 1050. The van der Waals surface area contributed by atoms with Crippen molar-refractivity contribution >= 4 is 25.5 Å². The van der Waals surface area contributed by atoms with Crippen molar-refractivity contribution in [3.8, 4) is 0 Å². The van der Waals surface area contributed by atoms with Crippen molar-refractivity contribution in [3.05, 3.63) is 54.1 Å². The first-order chi connectivity index (χ1) is 13.6. The molecule has 29 heavy (non-hydrogen) atoms. The fraction of sp³-hybridized carbons (Fsp3) is 0.400. The van der Waals surface area contributed by atoms with Crippen molar-refractivity contribution in [2.24, 2.45) is 11.1 Å². The van der Waals surface area contributed by atoms with Crippen LogP contribution >= 0.6 is 0 Å². The predicted octanol–water partition coefficient (Wildman–Crippen LogP) is 2.06. The topological polar surface area (TPSA) is 110 Å². The highest BCUT2D eigenvalue weighted by Gasteiger charge is 2.22. The molecule has 3 rings (SSSR count). The standard InChI is InChI=1S/C20H27N3O4S2/c1-28(24,25)20-13-18(29(21,26)27)7-8-19(20)22-14-16-9-11-23(12-10-16)15-17-5-3-2-4-6-17/h2-8,13,16,22H,9-12,14-15H2,1H3,(H2,21,26,27). The molecule has 7 nitrogen and oxygen atoms in total. The summed E-state index contributed by atoms with van der Waals surface area (Å²) in [6.45, 7) is 3.56. The van der Waals surface area contributed by atoms with Gasteiger partial charge in [-0.05, 0) is 55.6 Å². The number of rotatable bonds is 7. The van der Waals surface area contributed by atoms with Crippen LogP contribution in [0.25, 0.3) is 0 Å². The van der Waals surface area contributed by atoms with Gasteiger partial charge in [-0.2, -0.15) is 0 Å². The summed E-state index contributed by atoms with van der Waals surface area (Å²) in [4.78, 5) is 2.16. The van der Waals surface area contributed by atoms with Crippen LogP contribution in [0.5, 0.6) is 0 Å².